The third kappa shape index (κ3) is 3.56. The Kier molecular flexibility index (Phi) is 4.50. The highest BCUT2D eigenvalue weighted by Gasteiger charge is 2.17. The third-order valence-electron chi connectivity index (χ3n) is 4.02. The molecule has 0 bridgehead atoms. The molecule has 2 aromatic rings. The number of nitrogens with one attached hydrogen (secondary N) is 2. The second-order valence-corrected chi connectivity index (χ2v) is 5.90. The van der Waals surface area contributed by atoms with Crippen molar-refractivity contribution in [2.75, 3.05) is 24.5 Å². The van der Waals surface area contributed by atoms with Crippen LogP contribution in [0.3, 0.4) is 0 Å². The van der Waals surface area contributed by atoms with Crippen molar-refractivity contribution >= 4 is 17.5 Å². The molecule has 24 heavy (non-hydrogen) atoms. The maximum atomic E-state index is 12.0. The minimum Gasteiger partial charge on any atom is -0.360 e. The monoisotopic (exact) mass is 328 g/mol. The van der Waals surface area contributed by atoms with E-state index in [1.807, 2.05) is 30.0 Å². The lowest BCUT2D eigenvalue weighted by Gasteiger charge is -2.29. The molecular weight excluding hydrogens is 308 g/mol. The van der Waals surface area contributed by atoms with Crippen molar-refractivity contribution in [2.45, 2.75) is 20.4 Å². The van der Waals surface area contributed by atoms with E-state index in [9.17, 15) is 9.59 Å². The van der Waals surface area contributed by atoms with Crippen LogP contribution in [0.25, 0.3) is 0 Å². The van der Waals surface area contributed by atoms with Gasteiger partial charge in [-0.3, -0.25) is 9.59 Å². The summed E-state index contributed by atoms with van der Waals surface area (Å²) in [6.45, 7) is 6.00. The Morgan fingerprint density at radius 3 is 2.88 bits per heavy atom. The summed E-state index contributed by atoms with van der Waals surface area (Å²) >= 11 is 0. The molecule has 0 spiro atoms. The number of hydrogen-bond donors (Lipinski definition) is 2. The van der Waals surface area contributed by atoms with E-state index in [-0.39, 0.29) is 17.6 Å². The molecular formula is C17H20N4O3. The van der Waals surface area contributed by atoms with Gasteiger partial charge in [-0.1, -0.05) is 11.2 Å². The first-order valence-corrected chi connectivity index (χ1v) is 7.85. The molecule has 7 nitrogen and oxygen atoms in total. The SMILES string of the molecule is Cc1cc(C(=O)NCc2ccc(N3CCNC(=O)C3)cc2C)on1. The molecule has 2 amide bonds. The molecule has 1 fully saturated rings. The Morgan fingerprint density at radius 2 is 2.21 bits per heavy atom. The van der Waals surface area contributed by atoms with Crippen LogP contribution in [0, 0.1) is 13.8 Å². The molecule has 1 aromatic carbocycles. The van der Waals surface area contributed by atoms with Crippen LogP contribution >= 0.6 is 0 Å². The summed E-state index contributed by atoms with van der Waals surface area (Å²) < 4.78 is 4.95. The number of piperazine rings is 1. The highest BCUT2D eigenvalue weighted by molar-refractivity contribution is 5.91. The first-order chi connectivity index (χ1) is 11.5. The van der Waals surface area contributed by atoms with E-state index in [1.54, 1.807) is 13.0 Å². The molecule has 0 saturated carbocycles. The lowest BCUT2D eigenvalue weighted by atomic mass is 10.1. The smallest absolute Gasteiger partial charge is 0.290 e. The predicted molar refractivity (Wildman–Crippen MR) is 88.8 cm³/mol. The number of rotatable bonds is 4. The predicted octanol–water partition coefficient (Wildman–Crippen LogP) is 1.16. The number of aromatic nitrogens is 1. The van der Waals surface area contributed by atoms with E-state index < -0.39 is 0 Å². The van der Waals surface area contributed by atoms with Gasteiger partial charge in [0.2, 0.25) is 11.7 Å². The van der Waals surface area contributed by atoms with Gasteiger partial charge in [-0.25, -0.2) is 0 Å². The Labute approximate surface area is 140 Å². The van der Waals surface area contributed by atoms with E-state index in [4.69, 9.17) is 4.52 Å². The molecule has 1 aromatic heterocycles. The number of benzene rings is 1. The summed E-state index contributed by atoms with van der Waals surface area (Å²) in [5.74, 6) is -0.0366. The topological polar surface area (TPSA) is 87.5 Å². The fourth-order valence-electron chi connectivity index (χ4n) is 2.67. The molecule has 126 valence electrons. The molecule has 0 unspecified atom stereocenters. The van der Waals surface area contributed by atoms with Gasteiger partial charge in [-0.2, -0.15) is 0 Å². The molecule has 0 aliphatic carbocycles. The van der Waals surface area contributed by atoms with Crippen LogP contribution in [0.5, 0.6) is 0 Å². The van der Waals surface area contributed by atoms with Gasteiger partial charge in [0.25, 0.3) is 5.91 Å². The summed E-state index contributed by atoms with van der Waals surface area (Å²) in [5.41, 5.74) is 3.77. The van der Waals surface area contributed by atoms with Gasteiger partial charge in [-0.15, -0.1) is 0 Å². The zero-order valence-electron chi connectivity index (χ0n) is 13.8. The fraction of sp³-hybridized carbons (Fsp3) is 0.353. The van der Waals surface area contributed by atoms with Crippen molar-refractivity contribution in [3.8, 4) is 0 Å². The number of anilines is 1. The van der Waals surface area contributed by atoms with E-state index in [1.165, 1.54) is 0 Å². The van der Waals surface area contributed by atoms with Gasteiger partial charge >= 0.3 is 0 Å². The third-order valence-corrected chi connectivity index (χ3v) is 4.02. The van der Waals surface area contributed by atoms with Gasteiger partial charge in [0, 0.05) is 31.4 Å². The van der Waals surface area contributed by atoms with Crippen LogP contribution < -0.4 is 15.5 Å². The summed E-state index contributed by atoms with van der Waals surface area (Å²) in [7, 11) is 0. The number of carbonyl (C=O) groups excluding carboxylic acids is 2. The lowest BCUT2D eigenvalue weighted by Crippen LogP contribution is -2.47. The number of hydrogen-bond acceptors (Lipinski definition) is 5. The maximum absolute atomic E-state index is 12.0. The van der Waals surface area contributed by atoms with E-state index >= 15 is 0 Å². The minimum absolute atomic E-state index is 0.0394. The zero-order valence-corrected chi connectivity index (χ0v) is 13.8. The molecule has 2 N–H and O–H groups in total. The molecule has 2 heterocycles. The average molecular weight is 328 g/mol. The second-order valence-electron chi connectivity index (χ2n) is 5.90. The molecule has 1 aliphatic heterocycles. The average Bonchev–Trinajstić information content (AvgIpc) is 3.00. The lowest BCUT2D eigenvalue weighted by molar-refractivity contribution is -0.120. The normalized spacial score (nSPS) is 14.4. The van der Waals surface area contributed by atoms with Gasteiger partial charge in [0.05, 0.1) is 12.2 Å². The Balaban J connectivity index is 1.64. The summed E-state index contributed by atoms with van der Waals surface area (Å²) in [6, 6.07) is 7.60. The zero-order chi connectivity index (χ0) is 17.1. The van der Waals surface area contributed by atoms with E-state index in [2.05, 4.69) is 15.8 Å². The molecule has 1 saturated heterocycles. The Hall–Kier alpha value is -2.83. The van der Waals surface area contributed by atoms with Crippen LogP contribution in [-0.4, -0.2) is 36.6 Å². The molecule has 0 radical (unpaired) electrons. The summed E-state index contributed by atoms with van der Waals surface area (Å²) in [5, 5.41) is 9.35. The number of carbonyl (C=O) groups is 2. The van der Waals surface area contributed by atoms with Crippen molar-refractivity contribution in [3.63, 3.8) is 0 Å². The Bertz CT molecular complexity index is 769. The number of aryl methyl sites for hydroxylation is 2. The fourth-order valence-corrected chi connectivity index (χ4v) is 2.67. The summed E-state index contributed by atoms with van der Waals surface area (Å²) in [6.07, 6.45) is 0. The van der Waals surface area contributed by atoms with Gasteiger partial charge in [0.15, 0.2) is 0 Å². The molecule has 7 heteroatoms. The van der Waals surface area contributed by atoms with Crippen LogP contribution in [0.4, 0.5) is 5.69 Å². The highest BCUT2D eigenvalue weighted by Crippen LogP contribution is 2.20. The standard InChI is InChI=1S/C17H20N4O3/c1-11-7-14(21-6-5-18-16(22)10-21)4-3-13(11)9-19-17(23)15-8-12(2)20-24-15/h3-4,7-8H,5-6,9-10H2,1-2H3,(H,18,22)(H,19,23). The molecule has 1 aliphatic rings. The van der Waals surface area contributed by atoms with Gasteiger partial charge in [0.1, 0.15) is 0 Å². The first-order valence-electron chi connectivity index (χ1n) is 7.85. The Morgan fingerprint density at radius 1 is 1.38 bits per heavy atom. The first kappa shape index (κ1) is 16.0. The molecule has 3 rings (SSSR count). The van der Waals surface area contributed by atoms with Gasteiger partial charge < -0.3 is 20.1 Å². The highest BCUT2D eigenvalue weighted by atomic mass is 16.5. The number of nitrogens with zero attached hydrogens (tertiary/aromatic N) is 2. The quantitative estimate of drug-likeness (QED) is 0.879. The maximum Gasteiger partial charge on any atom is 0.290 e. The van der Waals surface area contributed by atoms with E-state index in [0.717, 1.165) is 23.4 Å². The second kappa shape index (κ2) is 6.74. The van der Waals surface area contributed by atoms with Crippen LogP contribution in [-0.2, 0) is 11.3 Å². The number of amides is 2. The summed E-state index contributed by atoms with van der Waals surface area (Å²) in [4.78, 5) is 25.5. The van der Waals surface area contributed by atoms with Crippen molar-refractivity contribution in [3.05, 3.63) is 46.8 Å². The van der Waals surface area contributed by atoms with Crippen molar-refractivity contribution in [2.24, 2.45) is 0 Å². The van der Waals surface area contributed by atoms with Crippen molar-refractivity contribution in [1.29, 1.82) is 0 Å². The minimum atomic E-state index is -0.285. The van der Waals surface area contributed by atoms with Crippen LogP contribution in [0.1, 0.15) is 27.4 Å². The van der Waals surface area contributed by atoms with Crippen LogP contribution in [0.15, 0.2) is 28.8 Å². The van der Waals surface area contributed by atoms with Crippen LogP contribution in [0.2, 0.25) is 0 Å². The molecule has 0 atom stereocenters. The van der Waals surface area contributed by atoms with Crippen molar-refractivity contribution in [1.82, 2.24) is 15.8 Å². The van der Waals surface area contributed by atoms with E-state index in [0.29, 0.717) is 25.3 Å². The largest absolute Gasteiger partial charge is 0.360 e. The van der Waals surface area contributed by atoms with Crippen molar-refractivity contribution < 1.29 is 14.1 Å². The van der Waals surface area contributed by atoms with Gasteiger partial charge in [-0.05, 0) is 37.1 Å².